The Morgan fingerprint density at radius 1 is 1.24 bits per heavy atom. The van der Waals surface area contributed by atoms with E-state index in [0.717, 1.165) is 4.31 Å². The summed E-state index contributed by atoms with van der Waals surface area (Å²) in [6.07, 6.45) is 1.83. The topological polar surface area (TPSA) is 177 Å². The molecular weight excluding hydrogens is 576 g/mol. The van der Waals surface area contributed by atoms with Crippen LogP contribution in [0.15, 0.2) is 45.2 Å². The van der Waals surface area contributed by atoms with Crippen molar-refractivity contribution in [3.63, 3.8) is 0 Å². The van der Waals surface area contributed by atoms with Crippen molar-refractivity contribution in [3.8, 4) is 5.75 Å². The van der Waals surface area contributed by atoms with Gasteiger partial charge in [-0.25, -0.2) is 13.4 Å². The lowest BCUT2D eigenvalue weighted by Gasteiger charge is -2.38. The Bertz CT molecular complexity index is 1630. The van der Waals surface area contributed by atoms with Crippen LogP contribution >= 0.6 is 0 Å². The number of imidazole rings is 1. The third-order valence-corrected chi connectivity index (χ3v) is 10.3. The Kier molecular flexibility index (Phi) is 8.50. The number of fused-ring (bicyclic) bond motifs is 1. The van der Waals surface area contributed by atoms with Gasteiger partial charge in [-0.1, -0.05) is 18.1 Å². The largest absolute Gasteiger partial charge is 0.486 e. The van der Waals surface area contributed by atoms with Crippen molar-refractivity contribution in [3.05, 3.63) is 47.7 Å². The average molecular weight is 611 g/mol. The molecule has 0 radical (unpaired) electrons. The molecule has 1 aromatic carbocycles. The number of carbonyl (C=O) groups excluding carboxylic acids is 1. The Morgan fingerprint density at radius 2 is 1.95 bits per heavy atom. The number of anilines is 1. The van der Waals surface area contributed by atoms with Gasteiger partial charge in [-0.2, -0.15) is 12.7 Å². The van der Waals surface area contributed by atoms with Crippen LogP contribution in [-0.4, -0.2) is 90.7 Å². The summed E-state index contributed by atoms with van der Waals surface area (Å²) in [6.45, 7) is 6.19. The van der Waals surface area contributed by atoms with Crippen molar-refractivity contribution in [1.29, 1.82) is 0 Å². The zero-order valence-corrected chi connectivity index (χ0v) is 25.2. The highest BCUT2D eigenvalue weighted by Crippen LogP contribution is 2.36. The lowest BCUT2D eigenvalue weighted by atomic mass is 9.99. The van der Waals surface area contributed by atoms with E-state index in [4.69, 9.17) is 9.26 Å². The van der Waals surface area contributed by atoms with Crippen molar-refractivity contribution in [1.82, 2.24) is 23.9 Å². The fourth-order valence-electron chi connectivity index (χ4n) is 4.62. The van der Waals surface area contributed by atoms with Crippen LogP contribution in [0.25, 0.3) is 0 Å². The number of likely N-dealkylation sites (N-methyl/N-ethyl adjacent to an activating group) is 1. The summed E-state index contributed by atoms with van der Waals surface area (Å²) >= 11 is 0. The number of carbonyl (C=O) groups is 1. The number of aromatic nitrogens is 3. The van der Waals surface area contributed by atoms with Crippen molar-refractivity contribution >= 4 is 31.6 Å². The van der Waals surface area contributed by atoms with Crippen LogP contribution in [0.4, 0.5) is 5.69 Å². The molecule has 0 unspecified atom stereocenters. The molecule has 3 atom stereocenters. The lowest BCUT2D eigenvalue weighted by molar-refractivity contribution is 0.0389. The maximum atomic E-state index is 13.7. The standard InChI is InChI=1S/C25H34N6O8S2/c1-15-10-31(16(2)13-32)25(33)19-8-7-9-20(28-40(34,35)22-12-29(5)14-26-22)23(19)38-21(15)11-30(6)41(36,37)24-17(3)27-39-18(24)4/h7-9,12,14-16,21,28,32H,10-11,13H2,1-6H3/t15-,16-,21-/m1/s1. The normalized spacial score (nSPS) is 18.9. The number of benzene rings is 1. The van der Waals surface area contributed by atoms with Crippen LogP contribution in [0.2, 0.25) is 0 Å². The Hall–Kier alpha value is -3.47. The first-order valence-electron chi connectivity index (χ1n) is 12.8. The minimum atomic E-state index is -4.17. The summed E-state index contributed by atoms with van der Waals surface area (Å²) in [5.74, 6) is -0.829. The van der Waals surface area contributed by atoms with E-state index in [1.807, 2.05) is 0 Å². The second-order valence-electron chi connectivity index (χ2n) is 10.2. The first-order valence-corrected chi connectivity index (χ1v) is 15.7. The van der Waals surface area contributed by atoms with Crippen LogP contribution in [-0.2, 0) is 27.1 Å². The Labute approximate surface area is 239 Å². The van der Waals surface area contributed by atoms with Crippen molar-refractivity contribution in [2.45, 2.75) is 49.8 Å². The number of nitrogens with zero attached hydrogens (tertiary/aromatic N) is 5. The summed E-state index contributed by atoms with van der Waals surface area (Å²) in [5, 5.41) is 13.4. The quantitative estimate of drug-likeness (QED) is 0.360. The van der Waals surface area contributed by atoms with Crippen LogP contribution in [0.3, 0.4) is 0 Å². The molecule has 3 heterocycles. The van der Waals surface area contributed by atoms with Gasteiger partial charge in [0.2, 0.25) is 10.0 Å². The molecule has 2 aromatic heterocycles. The summed E-state index contributed by atoms with van der Waals surface area (Å²) in [5.41, 5.74) is 0.249. The highest BCUT2D eigenvalue weighted by atomic mass is 32.2. The molecule has 1 aliphatic rings. The van der Waals surface area contributed by atoms with Crippen molar-refractivity contribution < 1.29 is 36.0 Å². The molecule has 0 bridgehead atoms. The minimum Gasteiger partial charge on any atom is -0.486 e. The van der Waals surface area contributed by atoms with E-state index in [-0.39, 0.29) is 58.1 Å². The molecule has 16 heteroatoms. The predicted molar refractivity (Wildman–Crippen MR) is 147 cm³/mol. The van der Waals surface area contributed by atoms with Crippen molar-refractivity contribution in [2.75, 3.05) is 31.5 Å². The minimum absolute atomic E-state index is 0.0200. The molecule has 0 fully saturated rings. The molecule has 224 valence electrons. The van der Waals surface area contributed by atoms with E-state index in [2.05, 4.69) is 14.9 Å². The zero-order valence-electron chi connectivity index (χ0n) is 23.6. The van der Waals surface area contributed by atoms with Crippen LogP contribution in [0.1, 0.15) is 35.7 Å². The highest BCUT2D eigenvalue weighted by molar-refractivity contribution is 7.92. The molecule has 14 nitrogen and oxygen atoms in total. The van der Waals surface area contributed by atoms with Gasteiger partial charge in [0.1, 0.15) is 16.7 Å². The molecule has 0 spiro atoms. The van der Waals surface area contributed by atoms with E-state index in [9.17, 15) is 26.7 Å². The molecule has 1 amide bonds. The maximum absolute atomic E-state index is 13.7. The summed E-state index contributed by atoms with van der Waals surface area (Å²) in [6, 6.07) is 3.87. The first-order chi connectivity index (χ1) is 19.2. The van der Waals surface area contributed by atoms with Gasteiger partial charge in [0.25, 0.3) is 15.9 Å². The second-order valence-corrected chi connectivity index (χ2v) is 13.8. The summed E-state index contributed by atoms with van der Waals surface area (Å²) in [7, 11) is -5.19. The van der Waals surface area contributed by atoms with Crippen LogP contribution in [0.5, 0.6) is 5.75 Å². The van der Waals surface area contributed by atoms with Crippen molar-refractivity contribution in [2.24, 2.45) is 13.0 Å². The van der Waals surface area contributed by atoms with Crippen LogP contribution in [0, 0.1) is 19.8 Å². The van der Waals surface area contributed by atoms with Gasteiger partial charge in [0.15, 0.2) is 16.5 Å². The van der Waals surface area contributed by atoms with Gasteiger partial charge < -0.3 is 23.8 Å². The second kappa shape index (κ2) is 11.4. The number of amides is 1. The Morgan fingerprint density at radius 3 is 2.54 bits per heavy atom. The van der Waals surface area contributed by atoms with Gasteiger partial charge >= 0.3 is 0 Å². The van der Waals surface area contributed by atoms with E-state index >= 15 is 0 Å². The fourth-order valence-corrected chi connectivity index (χ4v) is 7.13. The molecule has 41 heavy (non-hydrogen) atoms. The molecule has 0 saturated heterocycles. The monoisotopic (exact) mass is 610 g/mol. The summed E-state index contributed by atoms with van der Waals surface area (Å²) < 4.78 is 69.7. The fraction of sp³-hybridized carbons (Fsp3) is 0.480. The van der Waals surface area contributed by atoms with E-state index in [1.165, 1.54) is 61.1 Å². The molecule has 1 aliphatic heterocycles. The number of hydrogen-bond acceptors (Lipinski definition) is 10. The third kappa shape index (κ3) is 5.95. The lowest BCUT2D eigenvalue weighted by Crippen LogP contribution is -2.50. The molecule has 0 aliphatic carbocycles. The molecule has 4 rings (SSSR count). The number of nitrogens with one attached hydrogen (secondary N) is 1. The number of para-hydroxylation sites is 1. The number of hydrogen-bond donors (Lipinski definition) is 2. The van der Waals surface area contributed by atoms with Gasteiger partial charge in [-0.3, -0.25) is 9.52 Å². The Balaban J connectivity index is 1.78. The maximum Gasteiger partial charge on any atom is 0.281 e. The predicted octanol–water partition coefficient (Wildman–Crippen LogP) is 1.37. The average Bonchev–Trinajstić information content (AvgIpc) is 3.50. The molecular formula is C25H34N6O8S2. The van der Waals surface area contributed by atoms with E-state index in [1.54, 1.807) is 20.9 Å². The SMILES string of the molecule is Cc1noc(C)c1S(=O)(=O)N(C)C[C@H]1Oc2c(NS(=O)(=O)c3cn(C)cn3)cccc2C(=O)N([C@H](C)CO)C[C@H]1C. The smallest absolute Gasteiger partial charge is 0.281 e. The van der Waals surface area contributed by atoms with Crippen LogP contribution < -0.4 is 9.46 Å². The highest BCUT2D eigenvalue weighted by Gasteiger charge is 2.37. The van der Waals surface area contributed by atoms with Gasteiger partial charge in [-0.05, 0) is 32.9 Å². The number of ether oxygens (including phenoxy) is 1. The van der Waals surface area contributed by atoms with Gasteiger partial charge in [0.05, 0.1) is 36.8 Å². The summed E-state index contributed by atoms with van der Waals surface area (Å²) in [4.78, 5) is 19.0. The number of sulfonamides is 2. The number of rotatable bonds is 9. The van der Waals surface area contributed by atoms with E-state index in [0.29, 0.717) is 0 Å². The number of aryl methyl sites for hydroxylation is 3. The first kappa shape index (κ1) is 30.5. The zero-order chi connectivity index (χ0) is 30.3. The van der Waals surface area contributed by atoms with Gasteiger partial charge in [-0.15, -0.1) is 0 Å². The van der Waals surface area contributed by atoms with E-state index < -0.39 is 44.0 Å². The number of aliphatic hydroxyl groups excluding tert-OH is 1. The van der Waals surface area contributed by atoms with Gasteiger partial charge in [0, 0.05) is 32.8 Å². The molecule has 3 aromatic rings. The third-order valence-electron chi connectivity index (χ3n) is 6.97. The molecule has 0 saturated carbocycles. The molecule has 2 N–H and O–H groups in total. The number of aliphatic hydroxyl groups is 1.